The van der Waals surface area contributed by atoms with Crippen molar-refractivity contribution in [2.75, 3.05) is 12.3 Å². The van der Waals surface area contributed by atoms with Crippen LogP contribution in [0.5, 0.6) is 0 Å². The summed E-state index contributed by atoms with van der Waals surface area (Å²) in [7, 11) is 0. The van der Waals surface area contributed by atoms with Gasteiger partial charge < -0.3 is 4.74 Å². The predicted octanol–water partition coefficient (Wildman–Crippen LogP) is 2.27. The third-order valence-electron chi connectivity index (χ3n) is 2.47. The Hall–Kier alpha value is -0.800. The lowest BCUT2D eigenvalue weighted by Crippen LogP contribution is -1.99. The summed E-state index contributed by atoms with van der Waals surface area (Å²) in [5.74, 6) is 1.12. The Morgan fingerprint density at radius 2 is 2.07 bits per heavy atom. The second-order valence-electron chi connectivity index (χ2n) is 3.46. The number of nitrogens with zero attached hydrogens (tertiary/aromatic N) is 1. The molecule has 0 N–H and O–H groups in total. The SMILES string of the molecule is c1ccc(C2OC2C2=NCCS2)cc1. The molecule has 1 saturated heterocycles. The molecule has 72 valence electrons. The monoisotopic (exact) mass is 205 g/mol. The van der Waals surface area contributed by atoms with Crippen LogP contribution in [0.1, 0.15) is 11.7 Å². The minimum absolute atomic E-state index is 0.255. The third-order valence-corrected chi connectivity index (χ3v) is 3.52. The molecule has 2 aliphatic rings. The standard InChI is InChI=1S/C11H11NOS/c1-2-4-8(5-3-1)9-10(13-9)11-12-6-7-14-11/h1-5,9-10H,6-7H2. The molecule has 3 heteroatoms. The second kappa shape index (κ2) is 3.41. The summed E-state index contributed by atoms with van der Waals surface area (Å²) >= 11 is 1.84. The van der Waals surface area contributed by atoms with Crippen molar-refractivity contribution in [3.05, 3.63) is 35.9 Å². The van der Waals surface area contributed by atoms with Gasteiger partial charge in [-0.1, -0.05) is 30.3 Å². The Morgan fingerprint density at radius 3 is 2.79 bits per heavy atom. The molecule has 1 fully saturated rings. The van der Waals surface area contributed by atoms with Gasteiger partial charge in [-0.15, -0.1) is 11.8 Å². The summed E-state index contributed by atoms with van der Waals surface area (Å²) in [5.41, 5.74) is 1.27. The van der Waals surface area contributed by atoms with E-state index in [9.17, 15) is 0 Å². The van der Waals surface area contributed by atoms with Crippen LogP contribution in [0.3, 0.4) is 0 Å². The molecule has 2 atom stereocenters. The normalized spacial score (nSPS) is 30.1. The number of ether oxygens (including phenoxy) is 1. The van der Waals surface area contributed by atoms with Gasteiger partial charge in [0.2, 0.25) is 0 Å². The van der Waals surface area contributed by atoms with E-state index in [-0.39, 0.29) is 12.2 Å². The third kappa shape index (κ3) is 1.47. The van der Waals surface area contributed by atoms with Crippen LogP contribution < -0.4 is 0 Å². The van der Waals surface area contributed by atoms with Gasteiger partial charge in [0, 0.05) is 12.3 Å². The Bertz CT molecular complexity index is 363. The first kappa shape index (κ1) is 8.50. The molecule has 1 aromatic rings. The van der Waals surface area contributed by atoms with Gasteiger partial charge in [0.15, 0.2) is 0 Å². The zero-order valence-electron chi connectivity index (χ0n) is 7.72. The molecule has 2 unspecified atom stereocenters. The molecular formula is C11H11NOS. The number of rotatable bonds is 2. The average molecular weight is 205 g/mol. The molecule has 0 spiro atoms. The van der Waals surface area contributed by atoms with Crippen molar-refractivity contribution < 1.29 is 4.74 Å². The van der Waals surface area contributed by atoms with E-state index in [1.165, 1.54) is 10.6 Å². The van der Waals surface area contributed by atoms with Crippen LogP contribution in [-0.4, -0.2) is 23.4 Å². The van der Waals surface area contributed by atoms with E-state index >= 15 is 0 Å². The quantitative estimate of drug-likeness (QED) is 0.692. The lowest BCUT2D eigenvalue weighted by atomic mass is 10.1. The fourth-order valence-electron chi connectivity index (χ4n) is 1.72. The summed E-state index contributed by atoms with van der Waals surface area (Å²) in [4.78, 5) is 4.43. The number of hydrogen-bond donors (Lipinski definition) is 0. The van der Waals surface area contributed by atoms with Gasteiger partial charge in [-0.05, 0) is 5.56 Å². The molecule has 2 nitrogen and oxygen atoms in total. The van der Waals surface area contributed by atoms with Crippen molar-refractivity contribution in [2.24, 2.45) is 4.99 Å². The number of benzene rings is 1. The minimum atomic E-state index is 0.255. The number of thioether (sulfide) groups is 1. The van der Waals surface area contributed by atoms with Crippen molar-refractivity contribution in [2.45, 2.75) is 12.2 Å². The molecule has 0 aromatic heterocycles. The average Bonchev–Trinajstić information content (AvgIpc) is 2.87. The highest BCUT2D eigenvalue weighted by molar-refractivity contribution is 8.14. The van der Waals surface area contributed by atoms with E-state index in [4.69, 9.17) is 4.74 Å². The highest BCUT2D eigenvalue weighted by atomic mass is 32.2. The molecule has 0 saturated carbocycles. The fourth-order valence-corrected chi connectivity index (χ4v) is 2.64. The summed E-state index contributed by atoms with van der Waals surface area (Å²) < 4.78 is 5.64. The van der Waals surface area contributed by atoms with Gasteiger partial charge in [0.25, 0.3) is 0 Å². The fraction of sp³-hybridized carbons (Fsp3) is 0.364. The number of aliphatic imine (C=N–C) groups is 1. The lowest BCUT2D eigenvalue weighted by Gasteiger charge is -1.94. The van der Waals surface area contributed by atoms with Crippen LogP contribution >= 0.6 is 11.8 Å². The summed E-state index contributed by atoms with van der Waals surface area (Å²) in [5, 5.41) is 1.19. The highest BCUT2D eigenvalue weighted by Gasteiger charge is 2.44. The zero-order chi connectivity index (χ0) is 9.38. The van der Waals surface area contributed by atoms with E-state index in [0.717, 1.165) is 12.3 Å². The Kier molecular flexibility index (Phi) is 2.07. The van der Waals surface area contributed by atoms with Crippen molar-refractivity contribution in [3.63, 3.8) is 0 Å². The van der Waals surface area contributed by atoms with Crippen LogP contribution in [0.4, 0.5) is 0 Å². The van der Waals surface area contributed by atoms with Crippen molar-refractivity contribution in [3.8, 4) is 0 Å². The van der Waals surface area contributed by atoms with Crippen LogP contribution in [0.25, 0.3) is 0 Å². The van der Waals surface area contributed by atoms with Crippen LogP contribution in [0.15, 0.2) is 35.3 Å². The van der Waals surface area contributed by atoms with Gasteiger partial charge in [-0.3, -0.25) is 4.99 Å². The van der Waals surface area contributed by atoms with E-state index in [0.29, 0.717) is 0 Å². The first-order chi connectivity index (χ1) is 6.95. The van der Waals surface area contributed by atoms with Crippen LogP contribution in [0.2, 0.25) is 0 Å². The largest absolute Gasteiger partial charge is 0.357 e. The molecule has 0 aliphatic carbocycles. The number of epoxide rings is 1. The molecule has 3 rings (SSSR count). The molecule has 0 amide bonds. The zero-order valence-corrected chi connectivity index (χ0v) is 8.54. The van der Waals surface area contributed by atoms with Crippen molar-refractivity contribution in [1.29, 1.82) is 0 Å². The van der Waals surface area contributed by atoms with Crippen molar-refractivity contribution >= 4 is 16.8 Å². The second-order valence-corrected chi connectivity index (χ2v) is 4.57. The summed E-state index contributed by atoms with van der Waals surface area (Å²) in [6.07, 6.45) is 0.519. The molecular weight excluding hydrogens is 194 g/mol. The summed E-state index contributed by atoms with van der Waals surface area (Å²) in [6, 6.07) is 10.4. The molecule has 0 radical (unpaired) electrons. The molecule has 14 heavy (non-hydrogen) atoms. The number of hydrogen-bond acceptors (Lipinski definition) is 3. The smallest absolute Gasteiger partial charge is 0.136 e. The van der Waals surface area contributed by atoms with E-state index in [1.54, 1.807) is 0 Å². The Morgan fingerprint density at radius 1 is 1.21 bits per heavy atom. The maximum atomic E-state index is 5.64. The maximum Gasteiger partial charge on any atom is 0.136 e. The van der Waals surface area contributed by atoms with Gasteiger partial charge in [0.1, 0.15) is 12.2 Å². The minimum Gasteiger partial charge on any atom is -0.357 e. The lowest BCUT2D eigenvalue weighted by molar-refractivity contribution is 0.401. The van der Waals surface area contributed by atoms with Crippen LogP contribution in [-0.2, 0) is 4.74 Å². The highest BCUT2D eigenvalue weighted by Crippen LogP contribution is 2.42. The first-order valence-corrected chi connectivity index (χ1v) is 5.81. The van der Waals surface area contributed by atoms with E-state index < -0.39 is 0 Å². The van der Waals surface area contributed by atoms with Crippen molar-refractivity contribution in [1.82, 2.24) is 0 Å². The Balaban J connectivity index is 1.74. The Labute approximate surface area is 87.4 Å². The van der Waals surface area contributed by atoms with Gasteiger partial charge in [0.05, 0.1) is 5.04 Å². The van der Waals surface area contributed by atoms with Gasteiger partial charge in [-0.2, -0.15) is 0 Å². The van der Waals surface area contributed by atoms with E-state index in [1.807, 2.05) is 17.8 Å². The van der Waals surface area contributed by atoms with Gasteiger partial charge in [-0.25, -0.2) is 0 Å². The first-order valence-electron chi connectivity index (χ1n) is 4.83. The topological polar surface area (TPSA) is 24.9 Å². The molecule has 2 aliphatic heterocycles. The molecule has 0 bridgehead atoms. The summed E-state index contributed by atoms with van der Waals surface area (Å²) in [6.45, 7) is 0.960. The predicted molar refractivity (Wildman–Crippen MR) is 58.8 cm³/mol. The van der Waals surface area contributed by atoms with E-state index in [2.05, 4.69) is 29.3 Å². The molecule has 2 heterocycles. The van der Waals surface area contributed by atoms with Gasteiger partial charge >= 0.3 is 0 Å². The molecule has 1 aromatic carbocycles. The van der Waals surface area contributed by atoms with Crippen LogP contribution in [0, 0.1) is 0 Å². The maximum absolute atomic E-state index is 5.64.